The molecule has 3 N–H and O–H groups in total. The van der Waals surface area contributed by atoms with Gasteiger partial charge in [-0.05, 0) is 45.7 Å². The van der Waals surface area contributed by atoms with Crippen LogP contribution >= 0.6 is 12.4 Å². The third kappa shape index (κ3) is 5.14. The summed E-state index contributed by atoms with van der Waals surface area (Å²) in [5, 5.41) is 2.82. The number of hydrogen-bond donors (Lipinski definition) is 2. The van der Waals surface area contributed by atoms with E-state index >= 15 is 0 Å². The minimum Gasteiger partial charge on any atom is -0.355 e. The van der Waals surface area contributed by atoms with Gasteiger partial charge in [0.2, 0.25) is 5.91 Å². The summed E-state index contributed by atoms with van der Waals surface area (Å²) in [6.07, 6.45) is 2.24. The molecule has 0 saturated carbocycles. The molecule has 1 unspecified atom stereocenters. The number of likely N-dealkylation sites (tertiary alicyclic amines) is 1. The number of piperidine rings is 1. The van der Waals surface area contributed by atoms with Crippen molar-refractivity contribution in [2.24, 2.45) is 11.7 Å². The number of amides is 1. The van der Waals surface area contributed by atoms with Gasteiger partial charge < -0.3 is 11.1 Å². The minimum atomic E-state index is 0. The van der Waals surface area contributed by atoms with Gasteiger partial charge >= 0.3 is 0 Å². The van der Waals surface area contributed by atoms with Crippen LogP contribution in [0.4, 0.5) is 0 Å². The van der Waals surface area contributed by atoms with Crippen LogP contribution in [0.2, 0.25) is 0 Å². The molecule has 0 radical (unpaired) electrons. The average molecular weight is 250 g/mol. The Morgan fingerprint density at radius 2 is 2.06 bits per heavy atom. The zero-order valence-corrected chi connectivity index (χ0v) is 11.1. The van der Waals surface area contributed by atoms with Gasteiger partial charge in [0.1, 0.15) is 0 Å². The van der Waals surface area contributed by atoms with Crippen LogP contribution in [0.15, 0.2) is 0 Å². The summed E-state index contributed by atoms with van der Waals surface area (Å²) >= 11 is 0. The quantitative estimate of drug-likeness (QED) is 0.767. The molecule has 4 nitrogen and oxygen atoms in total. The Morgan fingerprint density at radius 3 is 2.50 bits per heavy atom. The van der Waals surface area contributed by atoms with Gasteiger partial charge in [0.25, 0.3) is 0 Å². The Morgan fingerprint density at radius 1 is 1.50 bits per heavy atom. The molecular formula is C11H24ClN3O. The third-order valence-electron chi connectivity index (χ3n) is 3.12. The molecule has 0 aromatic rings. The maximum Gasteiger partial charge on any atom is 0.234 e. The van der Waals surface area contributed by atoms with Crippen LogP contribution < -0.4 is 11.1 Å². The second-order valence-corrected chi connectivity index (χ2v) is 4.43. The molecule has 5 heteroatoms. The van der Waals surface area contributed by atoms with Crippen molar-refractivity contribution in [3.8, 4) is 0 Å². The van der Waals surface area contributed by atoms with E-state index in [2.05, 4.69) is 17.1 Å². The van der Waals surface area contributed by atoms with Crippen molar-refractivity contribution in [3.63, 3.8) is 0 Å². The molecule has 1 saturated heterocycles. The predicted octanol–water partition coefficient (Wildman–Crippen LogP) is 0.604. The fourth-order valence-corrected chi connectivity index (χ4v) is 2.09. The molecule has 16 heavy (non-hydrogen) atoms. The smallest absolute Gasteiger partial charge is 0.234 e. The Labute approximate surface area is 104 Å². The van der Waals surface area contributed by atoms with Crippen LogP contribution in [0, 0.1) is 5.92 Å². The summed E-state index contributed by atoms with van der Waals surface area (Å²) in [7, 11) is 0. The van der Waals surface area contributed by atoms with Gasteiger partial charge in [0, 0.05) is 12.6 Å². The van der Waals surface area contributed by atoms with Crippen molar-refractivity contribution in [1.82, 2.24) is 10.2 Å². The summed E-state index contributed by atoms with van der Waals surface area (Å²) in [6.45, 7) is 7.28. The summed E-state index contributed by atoms with van der Waals surface area (Å²) in [5.74, 6) is 0.771. The highest BCUT2D eigenvalue weighted by Gasteiger charge is 2.22. The first kappa shape index (κ1) is 15.7. The van der Waals surface area contributed by atoms with E-state index < -0.39 is 0 Å². The molecule has 96 valence electrons. The molecule has 1 heterocycles. The fraction of sp³-hybridized carbons (Fsp3) is 0.909. The molecule has 1 rings (SSSR count). The highest BCUT2D eigenvalue weighted by molar-refractivity contribution is 5.85. The largest absolute Gasteiger partial charge is 0.355 e. The van der Waals surface area contributed by atoms with Gasteiger partial charge in [0.05, 0.1) is 6.54 Å². The number of nitrogens with one attached hydrogen (secondary N) is 1. The zero-order valence-electron chi connectivity index (χ0n) is 10.2. The van der Waals surface area contributed by atoms with E-state index in [1.807, 2.05) is 6.92 Å². The van der Waals surface area contributed by atoms with Crippen molar-refractivity contribution >= 4 is 18.3 Å². The number of halogens is 1. The summed E-state index contributed by atoms with van der Waals surface area (Å²) in [4.78, 5) is 13.6. The van der Waals surface area contributed by atoms with Crippen molar-refractivity contribution in [3.05, 3.63) is 0 Å². The zero-order chi connectivity index (χ0) is 11.3. The number of hydrogen-bond acceptors (Lipinski definition) is 3. The number of likely N-dealkylation sites (N-methyl/N-ethyl adjacent to an activating group) is 1. The maximum atomic E-state index is 11.3. The van der Waals surface area contributed by atoms with Crippen LogP contribution in [-0.2, 0) is 4.79 Å². The van der Waals surface area contributed by atoms with E-state index in [1.54, 1.807) is 0 Å². The fourth-order valence-electron chi connectivity index (χ4n) is 2.09. The molecule has 0 aromatic carbocycles. The van der Waals surface area contributed by atoms with Crippen molar-refractivity contribution in [2.75, 3.05) is 26.2 Å². The Bertz CT molecular complexity index is 203. The first-order chi connectivity index (χ1) is 7.13. The van der Waals surface area contributed by atoms with E-state index in [9.17, 15) is 4.79 Å². The second kappa shape index (κ2) is 7.87. The normalized spacial score (nSPS) is 19.9. The SMILES string of the molecule is CCNC(=O)CN1CCC(C(C)N)CC1.Cl. The lowest BCUT2D eigenvalue weighted by atomic mass is 9.91. The molecule has 1 aliphatic heterocycles. The van der Waals surface area contributed by atoms with Crippen molar-refractivity contribution in [2.45, 2.75) is 32.7 Å². The van der Waals surface area contributed by atoms with E-state index in [0.29, 0.717) is 12.5 Å². The van der Waals surface area contributed by atoms with Crippen LogP contribution in [0.25, 0.3) is 0 Å². The average Bonchev–Trinajstić information content (AvgIpc) is 2.18. The molecule has 0 spiro atoms. The first-order valence-corrected chi connectivity index (χ1v) is 5.88. The standard InChI is InChI=1S/C11H23N3O.ClH/c1-3-13-11(15)8-14-6-4-10(5-7-14)9(2)12;/h9-10H,3-8,12H2,1-2H3,(H,13,15);1H. The van der Waals surface area contributed by atoms with Crippen LogP contribution in [0.5, 0.6) is 0 Å². The van der Waals surface area contributed by atoms with Crippen molar-refractivity contribution < 1.29 is 4.79 Å². The molecule has 1 aliphatic rings. The van der Waals surface area contributed by atoms with Gasteiger partial charge in [0.15, 0.2) is 0 Å². The molecule has 0 bridgehead atoms. The minimum absolute atomic E-state index is 0. The van der Waals surface area contributed by atoms with E-state index in [1.165, 1.54) is 0 Å². The van der Waals surface area contributed by atoms with Crippen LogP contribution in [0.3, 0.4) is 0 Å². The monoisotopic (exact) mass is 249 g/mol. The number of nitrogens with two attached hydrogens (primary N) is 1. The van der Waals surface area contributed by atoms with Gasteiger partial charge in [-0.2, -0.15) is 0 Å². The van der Waals surface area contributed by atoms with Crippen LogP contribution in [-0.4, -0.2) is 43.0 Å². The number of rotatable bonds is 4. The maximum absolute atomic E-state index is 11.3. The Hall–Kier alpha value is -0.320. The summed E-state index contributed by atoms with van der Waals surface area (Å²) in [6, 6.07) is 0.289. The van der Waals surface area contributed by atoms with Gasteiger partial charge in [-0.3, -0.25) is 9.69 Å². The lowest BCUT2D eigenvalue weighted by molar-refractivity contribution is -0.122. The lowest BCUT2D eigenvalue weighted by Gasteiger charge is -2.33. The third-order valence-corrected chi connectivity index (χ3v) is 3.12. The molecule has 1 fully saturated rings. The van der Waals surface area contributed by atoms with Crippen LogP contribution in [0.1, 0.15) is 26.7 Å². The highest BCUT2D eigenvalue weighted by atomic mass is 35.5. The molecule has 1 atom stereocenters. The first-order valence-electron chi connectivity index (χ1n) is 5.88. The second-order valence-electron chi connectivity index (χ2n) is 4.43. The number of carbonyl (C=O) groups is 1. The number of nitrogens with zero attached hydrogens (tertiary/aromatic N) is 1. The Balaban J connectivity index is 0.00000225. The Kier molecular flexibility index (Phi) is 7.72. The molecule has 1 amide bonds. The predicted molar refractivity (Wildman–Crippen MR) is 68.7 cm³/mol. The lowest BCUT2D eigenvalue weighted by Crippen LogP contribution is -2.44. The van der Waals surface area contributed by atoms with Gasteiger partial charge in [-0.25, -0.2) is 0 Å². The topological polar surface area (TPSA) is 58.4 Å². The summed E-state index contributed by atoms with van der Waals surface area (Å²) in [5.41, 5.74) is 5.86. The summed E-state index contributed by atoms with van der Waals surface area (Å²) < 4.78 is 0. The number of carbonyl (C=O) groups excluding carboxylic acids is 1. The molecule has 0 aromatic heterocycles. The molecule has 0 aliphatic carbocycles. The highest BCUT2D eigenvalue weighted by Crippen LogP contribution is 2.18. The van der Waals surface area contributed by atoms with Crippen molar-refractivity contribution in [1.29, 1.82) is 0 Å². The molecular weight excluding hydrogens is 226 g/mol. The van der Waals surface area contributed by atoms with Gasteiger partial charge in [-0.1, -0.05) is 0 Å². The van der Waals surface area contributed by atoms with Gasteiger partial charge in [-0.15, -0.1) is 12.4 Å². The van der Waals surface area contributed by atoms with E-state index in [4.69, 9.17) is 5.73 Å². The van der Waals surface area contributed by atoms with E-state index in [0.717, 1.165) is 32.5 Å². The van der Waals surface area contributed by atoms with E-state index in [-0.39, 0.29) is 24.4 Å².